The Morgan fingerprint density at radius 3 is 2.84 bits per heavy atom. The summed E-state index contributed by atoms with van der Waals surface area (Å²) in [5, 5.41) is 3.22. The Morgan fingerprint density at radius 1 is 1.47 bits per heavy atom. The number of carbonyl (C=O) groups excluding carboxylic acids is 1. The van der Waals surface area contributed by atoms with Crippen molar-refractivity contribution in [2.75, 3.05) is 27.4 Å². The van der Waals surface area contributed by atoms with Gasteiger partial charge in [-0.1, -0.05) is 0 Å². The summed E-state index contributed by atoms with van der Waals surface area (Å²) in [5.74, 6) is -0.221. The van der Waals surface area contributed by atoms with E-state index >= 15 is 0 Å². The highest BCUT2D eigenvalue weighted by Crippen LogP contribution is 2.19. The third-order valence-electron chi connectivity index (χ3n) is 2.79. The highest BCUT2D eigenvalue weighted by atomic mass is 16.5. The van der Waals surface area contributed by atoms with Crippen LogP contribution in [0.1, 0.15) is 19.5 Å². The number of nitrogens with zero attached hydrogens (tertiary/aromatic N) is 2. The molecule has 0 radical (unpaired) electrons. The van der Waals surface area contributed by atoms with Gasteiger partial charge in [0.25, 0.3) is 0 Å². The summed E-state index contributed by atoms with van der Waals surface area (Å²) in [6, 6.07) is 0. The maximum Gasteiger partial charge on any atom is 0.313 e. The summed E-state index contributed by atoms with van der Waals surface area (Å²) >= 11 is 0. The maximum atomic E-state index is 11.6. The Kier molecular flexibility index (Phi) is 5.98. The fourth-order valence-corrected chi connectivity index (χ4v) is 1.77. The molecule has 1 aromatic heterocycles. The number of nitrogens with one attached hydrogen (secondary N) is 1. The summed E-state index contributed by atoms with van der Waals surface area (Å²) in [4.78, 5) is 15.9. The first-order valence-electron chi connectivity index (χ1n) is 6.28. The van der Waals surface area contributed by atoms with Gasteiger partial charge in [0.1, 0.15) is 0 Å². The molecular formula is C13H23N3O3. The minimum absolute atomic E-state index is 0.221. The van der Waals surface area contributed by atoms with Crippen LogP contribution in [0, 0.1) is 5.41 Å². The highest BCUT2D eigenvalue weighted by Gasteiger charge is 2.29. The zero-order valence-corrected chi connectivity index (χ0v) is 12.1. The Bertz CT molecular complexity index is 402. The van der Waals surface area contributed by atoms with Crippen molar-refractivity contribution < 1.29 is 14.3 Å². The number of aromatic nitrogens is 2. The van der Waals surface area contributed by atoms with Gasteiger partial charge in [0.2, 0.25) is 0 Å². The third-order valence-corrected chi connectivity index (χ3v) is 2.79. The van der Waals surface area contributed by atoms with Crippen LogP contribution in [-0.2, 0) is 27.4 Å². The number of ether oxygens (including phenoxy) is 2. The van der Waals surface area contributed by atoms with Crippen LogP contribution in [0.4, 0.5) is 0 Å². The van der Waals surface area contributed by atoms with Crippen LogP contribution in [0.5, 0.6) is 0 Å². The van der Waals surface area contributed by atoms with Gasteiger partial charge in [0.15, 0.2) is 0 Å². The van der Waals surface area contributed by atoms with Gasteiger partial charge in [-0.2, -0.15) is 0 Å². The van der Waals surface area contributed by atoms with Crippen molar-refractivity contribution in [2.24, 2.45) is 5.41 Å². The molecule has 0 bridgehead atoms. The van der Waals surface area contributed by atoms with Crippen LogP contribution in [0.2, 0.25) is 0 Å². The summed E-state index contributed by atoms with van der Waals surface area (Å²) in [7, 11) is 3.08. The molecule has 6 nitrogen and oxygen atoms in total. The largest absolute Gasteiger partial charge is 0.469 e. The Morgan fingerprint density at radius 2 is 2.21 bits per heavy atom. The third kappa shape index (κ3) is 5.00. The van der Waals surface area contributed by atoms with Crippen LogP contribution in [0.15, 0.2) is 12.5 Å². The summed E-state index contributed by atoms with van der Waals surface area (Å²) in [6.45, 7) is 6.41. The van der Waals surface area contributed by atoms with E-state index in [1.807, 2.05) is 24.6 Å². The summed E-state index contributed by atoms with van der Waals surface area (Å²) in [5.41, 5.74) is 0.382. The number of esters is 1. The molecule has 0 saturated heterocycles. The molecule has 1 heterocycles. The highest BCUT2D eigenvalue weighted by molar-refractivity contribution is 5.75. The first kappa shape index (κ1) is 15.7. The van der Waals surface area contributed by atoms with E-state index in [4.69, 9.17) is 9.47 Å². The van der Waals surface area contributed by atoms with Crippen LogP contribution < -0.4 is 5.32 Å². The maximum absolute atomic E-state index is 11.6. The number of hydrogen-bond donors (Lipinski definition) is 1. The predicted octanol–water partition coefficient (Wildman–Crippen LogP) is 0.818. The van der Waals surface area contributed by atoms with E-state index < -0.39 is 5.41 Å². The minimum atomic E-state index is -0.559. The lowest BCUT2D eigenvalue weighted by molar-refractivity contribution is -0.151. The van der Waals surface area contributed by atoms with Gasteiger partial charge >= 0.3 is 5.97 Å². The van der Waals surface area contributed by atoms with E-state index in [1.165, 1.54) is 7.11 Å². The van der Waals surface area contributed by atoms with Gasteiger partial charge in [-0.15, -0.1) is 0 Å². The number of hydrogen-bond acceptors (Lipinski definition) is 5. The molecular weight excluding hydrogens is 246 g/mol. The van der Waals surface area contributed by atoms with Gasteiger partial charge in [-0.25, -0.2) is 4.98 Å². The van der Waals surface area contributed by atoms with Crippen molar-refractivity contribution in [3.8, 4) is 0 Å². The van der Waals surface area contributed by atoms with Crippen molar-refractivity contribution in [1.29, 1.82) is 0 Å². The molecule has 0 aliphatic carbocycles. The average Bonchev–Trinajstić information content (AvgIpc) is 2.80. The lowest BCUT2D eigenvalue weighted by Crippen LogP contribution is -2.30. The molecule has 0 spiro atoms. The second-order valence-corrected chi connectivity index (χ2v) is 5.08. The monoisotopic (exact) mass is 269 g/mol. The van der Waals surface area contributed by atoms with E-state index in [2.05, 4.69) is 10.3 Å². The lowest BCUT2D eigenvalue weighted by Gasteiger charge is -2.21. The molecule has 19 heavy (non-hydrogen) atoms. The Labute approximate surface area is 114 Å². The van der Waals surface area contributed by atoms with Crippen molar-refractivity contribution in [3.05, 3.63) is 18.2 Å². The van der Waals surface area contributed by atoms with Crippen molar-refractivity contribution in [1.82, 2.24) is 14.9 Å². The Hall–Kier alpha value is -1.40. The zero-order valence-electron chi connectivity index (χ0n) is 12.1. The molecule has 0 aliphatic rings. The lowest BCUT2D eigenvalue weighted by atomic mass is 9.94. The fraction of sp³-hybridized carbons (Fsp3) is 0.692. The molecule has 108 valence electrons. The van der Waals surface area contributed by atoms with Gasteiger partial charge in [-0.3, -0.25) is 4.79 Å². The quantitative estimate of drug-likeness (QED) is 0.559. The van der Waals surface area contributed by atoms with E-state index in [-0.39, 0.29) is 5.97 Å². The average molecular weight is 269 g/mol. The molecule has 1 aromatic rings. The summed E-state index contributed by atoms with van der Waals surface area (Å²) < 4.78 is 11.6. The number of imidazole rings is 1. The van der Waals surface area contributed by atoms with E-state index in [9.17, 15) is 4.79 Å². The number of carbonyl (C=O) groups is 1. The van der Waals surface area contributed by atoms with Gasteiger partial charge < -0.3 is 19.4 Å². The molecule has 0 atom stereocenters. The van der Waals surface area contributed by atoms with E-state index in [0.717, 1.165) is 12.2 Å². The molecule has 1 N–H and O–H groups in total. The molecule has 0 fully saturated rings. The molecule has 0 amide bonds. The molecule has 1 rings (SSSR count). The van der Waals surface area contributed by atoms with Gasteiger partial charge in [-0.05, 0) is 13.8 Å². The fourth-order valence-electron chi connectivity index (χ4n) is 1.77. The van der Waals surface area contributed by atoms with Crippen LogP contribution in [0.25, 0.3) is 0 Å². The van der Waals surface area contributed by atoms with Crippen LogP contribution in [0.3, 0.4) is 0 Å². The second kappa shape index (κ2) is 7.25. The van der Waals surface area contributed by atoms with Crippen molar-refractivity contribution in [2.45, 2.75) is 26.9 Å². The van der Waals surface area contributed by atoms with Crippen LogP contribution >= 0.6 is 0 Å². The molecule has 0 unspecified atom stereocenters. The molecule has 0 aliphatic heterocycles. The topological polar surface area (TPSA) is 65.4 Å². The van der Waals surface area contributed by atoms with E-state index in [1.54, 1.807) is 13.4 Å². The first-order valence-corrected chi connectivity index (χ1v) is 6.28. The van der Waals surface area contributed by atoms with Crippen molar-refractivity contribution >= 4 is 5.97 Å². The Balaban J connectivity index is 2.48. The first-order chi connectivity index (χ1) is 8.99. The molecule has 0 aromatic carbocycles. The van der Waals surface area contributed by atoms with Crippen LogP contribution in [-0.4, -0.2) is 42.9 Å². The molecule has 0 saturated carbocycles. The smallest absolute Gasteiger partial charge is 0.313 e. The number of methoxy groups -OCH3 is 2. The van der Waals surface area contributed by atoms with Gasteiger partial charge in [0, 0.05) is 32.9 Å². The molecule has 6 heteroatoms. The number of rotatable bonds is 8. The van der Waals surface area contributed by atoms with Gasteiger partial charge in [0.05, 0.1) is 31.2 Å². The standard InChI is InChI=1S/C13H23N3O3/c1-13(2,12(17)19-4)9-16-8-11(15-10-16)7-14-5-6-18-3/h8,10,14H,5-7,9H2,1-4H3. The normalized spacial score (nSPS) is 11.6. The summed E-state index contributed by atoms with van der Waals surface area (Å²) in [6.07, 6.45) is 3.67. The van der Waals surface area contributed by atoms with Crippen molar-refractivity contribution in [3.63, 3.8) is 0 Å². The SMILES string of the molecule is COCCNCc1cn(CC(C)(C)C(=O)OC)cn1. The zero-order chi connectivity index (χ0) is 14.3. The predicted molar refractivity (Wildman–Crippen MR) is 71.6 cm³/mol. The van der Waals surface area contributed by atoms with E-state index in [0.29, 0.717) is 19.7 Å². The second-order valence-electron chi connectivity index (χ2n) is 5.08. The minimum Gasteiger partial charge on any atom is -0.469 e.